The van der Waals surface area contributed by atoms with Crippen molar-refractivity contribution >= 4 is 0 Å². The molecular weight excluding hydrogens is 200 g/mol. The van der Waals surface area contributed by atoms with Crippen molar-refractivity contribution in [2.45, 2.75) is 50.8 Å². The second kappa shape index (κ2) is 4.63. The van der Waals surface area contributed by atoms with E-state index in [-0.39, 0.29) is 0 Å². The Balaban J connectivity index is 1.55. The smallest absolute Gasteiger partial charge is 0.0604 e. The van der Waals surface area contributed by atoms with Gasteiger partial charge >= 0.3 is 0 Å². The van der Waals surface area contributed by atoms with Crippen LogP contribution in [0.1, 0.15) is 32.6 Å². The molecule has 92 valence electrons. The predicted molar refractivity (Wildman–Crippen MR) is 64.5 cm³/mol. The first kappa shape index (κ1) is 11.0. The Morgan fingerprint density at radius 2 is 2.19 bits per heavy atom. The Labute approximate surface area is 98.5 Å². The molecule has 0 aromatic rings. The van der Waals surface area contributed by atoms with Gasteiger partial charge in [-0.2, -0.15) is 0 Å². The highest BCUT2D eigenvalue weighted by Gasteiger charge is 2.42. The van der Waals surface area contributed by atoms with Gasteiger partial charge in [-0.25, -0.2) is 0 Å². The summed E-state index contributed by atoms with van der Waals surface area (Å²) in [4.78, 5) is 2.78. The quantitative estimate of drug-likeness (QED) is 0.780. The molecule has 1 aliphatic carbocycles. The van der Waals surface area contributed by atoms with E-state index in [2.05, 4.69) is 17.1 Å². The van der Waals surface area contributed by atoms with Gasteiger partial charge in [-0.15, -0.1) is 0 Å². The number of rotatable bonds is 3. The molecule has 16 heavy (non-hydrogen) atoms. The fourth-order valence-electron chi connectivity index (χ4n) is 3.74. The summed E-state index contributed by atoms with van der Waals surface area (Å²) in [6.07, 6.45) is 5.95. The zero-order chi connectivity index (χ0) is 11.0. The van der Waals surface area contributed by atoms with Gasteiger partial charge in [0, 0.05) is 25.2 Å². The van der Waals surface area contributed by atoms with E-state index < -0.39 is 0 Å². The summed E-state index contributed by atoms with van der Waals surface area (Å²) in [5.41, 5.74) is 0. The van der Waals surface area contributed by atoms with Crippen LogP contribution in [0.15, 0.2) is 0 Å². The number of hydrogen-bond acceptors (Lipinski definition) is 3. The predicted octanol–water partition coefficient (Wildman–Crippen LogP) is 1.24. The normalized spacial score (nSPS) is 44.1. The zero-order valence-corrected chi connectivity index (χ0v) is 10.3. The molecule has 0 spiro atoms. The lowest BCUT2D eigenvalue weighted by Gasteiger charge is -2.48. The molecule has 1 saturated carbocycles. The van der Waals surface area contributed by atoms with E-state index in [1.54, 1.807) is 0 Å². The van der Waals surface area contributed by atoms with Crippen LogP contribution in [0.25, 0.3) is 0 Å². The molecule has 3 fully saturated rings. The van der Waals surface area contributed by atoms with Gasteiger partial charge in [-0.3, -0.25) is 4.90 Å². The standard InChI is InChI=1S/C13H24N2O/c1-2-16-12-6-11(7-12)15-5-3-4-10-8-14-9-13(10)15/h10-14H,2-9H2,1H3. The van der Waals surface area contributed by atoms with Crippen LogP contribution in [0.3, 0.4) is 0 Å². The lowest BCUT2D eigenvalue weighted by molar-refractivity contribution is -0.0674. The summed E-state index contributed by atoms with van der Waals surface area (Å²) in [7, 11) is 0. The molecule has 2 aliphatic heterocycles. The van der Waals surface area contributed by atoms with E-state index in [1.807, 2.05) is 0 Å². The van der Waals surface area contributed by atoms with Gasteiger partial charge in [0.15, 0.2) is 0 Å². The summed E-state index contributed by atoms with van der Waals surface area (Å²) < 4.78 is 5.67. The second-order valence-electron chi connectivity index (χ2n) is 5.57. The highest BCUT2D eigenvalue weighted by Crippen LogP contribution is 2.35. The van der Waals surface area contributed by atoms with E-state index in [4.69, 9.17) is 4.74 Å². The van der Waals surface area contributed by atoms with Gasteiger partial charge in [-0.05, 0) is 51.6 Å². The summed E-state index contributed by atoms with van der Waals surface area (Å²) in [6, 6.07) is 1.66. The SMILES string of the molecule is CCOC1CC(N2CCCC3CNCC32)C1. The Morgan fingerprint density at radius 3 is 3.00 bits per heavy atom. The number of nitrogens with zero attached hydrogens (tertiary/aromatic N) is 1. The van der Waals surface area contributed by atoms with Crippen molar-refractivity contribution in [1.29, 1.82) is 0 Å². The molecule has 3 heteroatoms. The van der Waals surface area contributed by atoms with Crippen molar-refractivity contribution in [3.8, 4) is 0 Å². The van der Waals surface area contributed by atoms with Crippen molar-refractivity contribution in [2.75, 3.05) is 26.2 Å². The number of nitrogens with one attached hydrogen (secondary N) is 1. The van der Waals surface area contributed by atoms with Crippen molar-refractivity contribution in [1.82, 2.24) is 10.2 Å². The Hall–Kier alpha value is -0.120. The van der Waals surface area contributed by atoms with Crippen LogP contribution in [0.4, 0.5) is 0 Å². The molecule has 0 amide bonds. The zero-order valence-electron chi connectivity index (χ0n) is 10.3. The van der Waals surface area contributed by atoms with Crippen molar-refractivity contribution in [2.24, 2.45) is 5.92 Å². The number of ether oxygens (including phenoxy) is 1. The van der Waals surface area contributed by atoms with Crippen molar-refractivity contribution in [3.63, 3.8) is 0 Å². The first-order valence-electron chi connectivity index (χ1n) is 6.96. The molecule has 0 radical (unpaired) electrons. The van der Waals surface area contributed by atoms with Crippen LogP contribution < -0.4 is 5.32 Å². The Morgan fingerprint density at radius 1 is 1.31 bits per heavy atom. The number of likely N-dealkylation sites (tertiary alicyclic amines) is 1. The lowest BCUT2D eigenvalue weighted by Crippen LogP contribution is -2.56. The average molecular weight is 224 g/mol. The van der Waals surface area contributed by atoms with E-state index in [1.165, 1.54) is 45.3 Å². The first-order valence-corrected chi connectivity index (χ1v) is 6.96. The minimum atomic E-state index is 0.560. The van der Waals surface area contributed by atoms with E-state index in [0.29, 0.717) is 6.10 Å². The Bertz CT molecular complexity index is 240. The number of fused-ring (bicyclic) bond motifs is 1. The molecule has 3 aliphatic rings. The van der Waals surface area contributed by atoms with Gasteiger partial charge < -0.3 is 10.1 Å². The molecular formula is C13H24N2O. The third kappa shape index (κ3) is 1.89. The van der Waals surface area contributed by atoms with Gasteiger partial charge in [0.1, 0.15) is 0 Å². The van der Waals surface area contributed by atoms with Crippen LogP contribution in [0.5, 0.6) is 0 Å². The van der Waals surface area contributed by atoms with E-state index >= 15 is 0 Å². The first-order chi connectivity index (χ1) is 7.88. The molecule has 3 rings (SSSR count). The van der Waals surface area contributed by atoms with Crippen LogP contribution in [-0.2, 0) is 4.74 Å². The highest BCUT2D eigenvalue weighted by atomic mass is 16.5. The van der Waals surface area contributed by atoms with Crippen LogP contribution in [0.2, 0.25) is 0 Å². The number of piperidine rings is 1. The molecule has 2 unspecified atom stereocenters. The molecule has 3 nitrogen and oxygen atoms in total. The van der Waals surface area contributed by atoms with Crippen molar-refractivity contribution in [3.05, 3.63) is 0 Å². The summed E-state index contributed by atoms with van der Waals surface area (Å²) in [5.74, 6) is 0.930. The molecule has 1 N–H and O–H groups in total. The third-order valence-corrected chi connectivity index (χ3v) is 4.66. The third-order valence-electron chi connectivity index (χ3n) is 4.66. The van der Waals surface area contributed by atoms with E-state index in [0.717, 1.165) is 24.6 Å². The second-order valence-corrected chi connectivity index (χ2v) is 5.57. The minimum absolute atomic E-state index is 0.560. The van der Waals surface area contributed by atoms with Crippen LogP contribution in [0, 0.1) is 5.92 Å². The molecule has 2 atom stereocenters. The lowest BCUT2D eigenvalue weighted by atomic mass is 9.82. The molecule has 0 aromatic heterocycles. The van der Waals surface area contributed by atoms with Gasteiger partial charge in [0.25, 0.3) is 0 Å². The fraction of sp³-hybridized carbons (Fsp3) is 1.00. The van der Waals surface area contributed by atoms with Crippen molar-refractivity contribution < 1.29 is 4.74 Å². The number of hydrogen-bond donors (Lipinski definition) is 1. The fourth-order valence-corrected chi connectivity index (χ4v) is 3.74. The molecule has 2 heterocycles. The maximum absolute atomic E-state index is 5.67. The summed E-state index contributed by atoms with van der Waals surface area (Å²) in [6.45, 7) is 6.78. The molecule has 2 saturated heterocycles. The molecule has 0 aromatic carbocycles. The van der Waals surface area contributed by atoms with Gasteiger partial charge in [0.05, 0.1) is 6.10 Å². The summed E-state index contributed by atoms with van der Waals surface area (Å²) in [5, 5.41) is 3.56. The van der Waals surface area contributed by atoms with Crippen LogP contribution in [-0.4, -0.2) is 49.3 Å². The largest absolute Gasteiger partial charge is 0.378 e. The van der Waals surface area contributed by atoms with Gasteiger partial charge in [-0.1, -0.05) is 0 Å². The topological polar surface area (TPSA) is 24.5 Å². The monoisotopic (exact) mass is 224 g/mol. The maximum atomic E-state index is 5.67. The maximum Gasteiger partial charge on any atom is 0.0604 e. The van der Waals surface area contributed by atoms with Crippen LogP contribution >= 0.6 is 0 Å². The van der Waals surface area contributed by atoms with E-state index in [9.17, 15) is 0 Å². The van der Waals surface area contributed by atoms with Gasteiger partial charge in [0.2, 0.25) is 0 Å². The highest BCUT2D eigenvalue weighted by molar-refractivity contribution is 4.98. The average Bonchev–Trinajstić information content (AvgIpc) is 2.70. The molecule has 0 bridgehead atoms. The Kier molecular flexibility index (Phi) is 3.18. The summed E-state index contributed by atoms with van der Waals surface area (Å²) >= 11 is 0. The minimum Gasteiger partial charge on any atom is -0.378 e.